The van der Waals surface area contributed by atoms with E-state index >= 15 is 0 Å². The Morgan fingerprint density at radius 3 is 2.45 bits per heavy atom. The summed E-state index contributed by atoms with van der Waals surface area (Å²) in [6.45, 7) is 2.45. The first-order valence-electron chi connectivity index (χ1n) is 9.51. The predicted molar refractivity (Wildman–Crippen MR) is 118 cm³/mol. The normalized spacial score (nSPS) is 10.6. The van der Waals surface area contributed by atoms with E-state index in [9.17, 15) is 4.79 Å². The number of methoxy groups -OCH3 is 1. The van der Waals surface area contributed by atoms with Gasteiger partial charge in [0.1, 0.15) is 5.75 Å². The molecule has 1 N–H and O–H groups in total. The predicted octanol–water partition coefficient (Wildman–Crippen LogP) is 4.55. The van der Waals surface area contributed by atoms with Gasteiger partial charge in [-0.15, -0.1) is 0 Å². The van der Waals surface area contributed by atoms with Crippen LogP contribution in [-0.2, 0) is 6.42 Å². The van der Waals surface area contributed by atoms with Crippen LogP contribution in [0.25, 0.3) is 11.3 Å². The molecule has 5 nitrogen and oxygen atoms in total. The summed E-state index contributed by atoms with van der Waals surface area (Å²) in [5, 5.41) is 3.68. The molecule has 3 aromatic rings. The Hall–Kier alpha value is -2.86. The van der Waals surface area contributed by atoms with Gasteiger partial charge >= 0.3 is 0 Å². The number of aryl methyl sites for hydroxylation is 2. The number of benzene rings is 2. The Balaban J connectivity index is 1.78. The van der Waals surface area contributed by atoms with Crippen molar-refractivity contribution in [2.45, 2.75) is 24.9 Å². The topological polar surface area (TPSA) is 64.1 Å². The quantitative estimate of drug-likeness (QED) is 0.337. The van der Waals surface area contributed by atoms with Crippen LogP contribution in [0.5, 0.6) is 5.75 Å². The van der Waals surface area contributed by atoms with Gasteiger partial charge in [-0.25, -0.2) is 9.97 Å². The third-order valence-corrected chi connectivity index (χ3v) is 5.16. The Labute approximate surface area is 175 Å². The number of amides is 1. The van der Waals surface area contributed by atoms with E-state index < -0.39 is 0 Å². The molecule has 0 bridgehead atoms. The fourth-order valence-corrected chi connectivity index (χ4v) is 3.51. The summed E-state index contributed by atoms with van der Waals surface area (Å²) in [4.78, 5) is 22.1. The monoisotopic (exact) mass is 407 g/mol. The van der Waals surface area contributed by atoms with E-state index in [0.717, 1.165) is 24.2 Å². The molecule has 0 fully saturated rings. The summed E-state index contributed by atoms with van der Waals surface area (Å²) >= 11 is 1.46. The average Bonchev–Trinajstić information content (AvgIpc) is 2.76. The van der Waals surface area contributed by atoms with Crippen molar-refractivity contribution in [3.63, 3.8) is 0 Å². The van der Waals surface area contributed by atoms with Crippen LogP contribution in [0.3, 0.4) is 0 Å². The molecule has 1 heterocycles. The number of ether oxygens (including phenoxy) is 1. The smallest absolute Gasteiger partial charge is 0.255 e. The minimum atomic E-state index is -0.144. The van der Waals surface area contributed by atoms with Crippen molar-refractivity contribution in [2.24, 2.45) is 0 Å². The molecule has 0 aliphatic rings. The Morgan fingerprint density at radius 2 is 1.79 bits per heavy atom. The highest BCUT2D eigenvalue weighted by molar-refractivity contribution is 7.98. The molecule has 0 unspecified atom stereocenters. The number of thioether (sulfide) groups is 1. The lowest BCUT2D eigenvalue weighted by atomic mass is 10.0. The van der Waals surface area contributed by atoms with Gasteiger partial charge in [-0.05, 0) is 55.9 Å². The number of hydrogen-bond acceptors (Lipinski definition) is 5. The Morgan fingerprint density at radius 1 is 1.07 bits per heavy atom. The standard InChI is InChI=1S/C23H25N3O2S/c1-16-20(22(27)24-15-7-10-17-8-5-4-6-9-17)21(26-23(25-16)29-3)18-11-13-19(28-2)14-12-18/h4-6,8-9,11-14H,7,10,15H2,1-3H3,(H,24,27). The highest BCUT2D eigenvalue weighted by atomic mass is 32.2. The highest BCUT2D eigenvalue weighted by Gasteiger charge is 2.19. The first-order chi connectivity index (χ1) is 14.1. The molecule has 0 aliphatic carbocycles. The molecule has 0 atom stereocenters. The van der Waals surface area contributed by atoms with Crippen molar-refractivity contribution < 1.29 is 9.53 Å². The van der Waals surface area contributed by atoms with Crippen LogP contribution in [0, 0.1) is 6.92 Å². The van der Waals surface area contributed by atoms with Gasteiger partial charge in [0.15, 0.2) is 5.16 Å². The number of carbonyl (C=O) groups excluding carboxylic acids is 1. The second-order valence-corrected chi connectivity index (χ2v) is 7.37. The van der Waals surface area contributed by atoms with E-state index in [2.05, 4.69) is 27.4 Å². The zero-order valence-corrected chi connectivity index (χ0v) is 17.8. The first-order valence-corrected chi connectivity index (χ1v) is 10.7. The van der Waals surface area contributed by atoms with E-state index in [0.29, 0.717) is 28.7 Å². The van der Waals surface area contributed by atoms with Crippen LogP contribution >= 0.6 is 11.8 Å². The van der Waals surface area contributed by atoms with Crippen LogP contribution < -0.4 is 10.1 Å². The van der Waals surface area contributed by atoms with Crippen LogP contribution in [0.4, 0.5) is 0 Å². The number of rotatable bonds is 8. The zero-order chi connectivity index (χ0) is 20.6. The summed E-state index contributed by atoms with van der Waals surface area (Å²) in [7, 11) is 1.63. The van der Waals surface area contributed by atoms with Gasteiger partial charge in [-0.3, -0.25) is 4.79 Å². The maximum Gasteiger partial charge on any atom is 0.255 e. The molecule has 29 heavy (non-hydrogen) atoms. The van der Waals surface area contributed by atoms with E-state index in [4.69, 9.17) is 4.74 Å². The lowest BCUT2D eigenvalue weighted by Crippen LogP contribution is -2.27. The second-order valence-electron chi connectivity index (χ2n) is 6.59. The molecule has 150 valence electrons. The summed E-state index contributed by atoms with van der Waals surface area (Å²) < 4.78 is 5.24. The van der Waals surface area contributed by atoms with Gasteiger partial charge in [-0.1, -0.05) is 42.1 Å². The summed E-state index contributed by atoms with van der Waals surface area (Å²) in [6.07, 6.45) is 3.72. The van der Waals surface area contributed by atoms with Gasteiger partial charge in [-0.2, -0.15) is 0 Å². The number of nitrogens with one attached hydrogen (secondary N) is 1. The van der Waals surface area contributed by atoms with Crippen molar-refractivity contribution >= 4 is 17.7 Å². The number of aromatic nitrogens is 2. The molecule has 0 saturated heterocycles. The third kappa shape index (κ3) is 5.35. The third-order valence-electron chi connectivity index (χ3n) is 4.61. The molecule has 0 aliphatic heterocycles. The second kappa shape index (κ2) is 10.1. The molecular weight excluding hydrogens is 382 g/mol. The summed E-state index contributed by atoms with van der Waals surface area (Å²) in [5.74, 6) is 0.616. The van der Waals surface area contributed by atoms with Gasteiger partial charge in [0, 0.05) is 12.1 Å². The average molecular weight is 408 g/mol. The van der Waals surface area contributed by atoms with Gasteiger partial charge in [0.05, 0.1) is 24.1 Å². The van der Waals surface area contributed by atoms with Crippen molar-refractivity contribution in [1.82, 2.24) is 15.3 Å². The maximum atomic E-state index is 13.0. The lowest BCUT2D eigenvalue weighted by molar-refractivity contribution is 0.0952. The summed E-state index contributed by atoms with van der Waals surface area (Å²) in [5.41, 5.74) is 3.97. The SMILES string of the molecule is COc1ccc(-c2nc(SC)nc(C)c2C(=O)NCCCc2ccccc2)cc1. The van der Waals surface area contributed by atoms with Crippen LogP contribution in [-0.4, -0.2) is 35.8 Å². The maximum absolute atomic E-state index is 13.0. The van der Waals surface area contributed by atoms with E-state index in [-0.39, 0.29) is 5.91 Å². The van der Waals surface area contributed by atoms with Crippen molar-refractivity contribution in [3.05, 3.63) is 71.4 Å². The van der Waals surface area contributed by atoms with Crippen LogP contribution in [0.15, 0.2) is 59.8 Å². The lowest BCUT2D eigenvalue weighted by Gasteiger charge is -2.13. The van der Waals surface area contributed by atoms with E-state index in [1.165, 1.54) is 17.3 Å². The molecule has 3 rings (SSSR count). The Kier molecular flexibility index (Phi) is 7.25. The Bertz CT molecular complexity index is 960. The van der Waals surface area contributed by atoms with Gasteiger partial charge in [0.2, 0.25) is 0 Å². The van der Waals surface area contributed by atoms with E-state index in [1.54, 1.807) is 7.11 Å². The molecule has 1 amide bonds. The van der Waals surface area contributed by atoms with Crippen molar-refractivity contribution in [1.29, 1.82) is 0 Å². The molecule has 0 saturated carbocycles. The highest BCUT2D eigenvalue weighted by Crippen LogP contribution is 2.27. The zero-order valence-electron chi connectivity index (χ0n) is 16.9. The number of carbonyl (C=O) groups is 1. The van der Waals surface area contributed by atoms with Crippen molar-refractivity contribution in [3.8, 4) is 17.0 Å². The molecule has 0 spiro atoms. The first kappa shape index (κ1) is 20.9. The molecule has 2 aromatic carbocycles. The van der Waals surface area contributed by atoms with E-state index in [1.807, 2.05) is 55.6 Å². The minimum Gasteiger partial charge on any atom is -0.497 e. The molecule has 0 radical (unpaired) electrons. The number of hydrogen-bond donors (Lipinski definition) is 1. The van der Waals surface area contributed by atoms with Crippen molar-refractivity contribution in [2.75, 3.05) is 19.9 Å². The summed E-state index contributed by atoms with van der Waals surface area (Å²) in [6, 6.07) is 17.8. The van der Waals surface area contributed by atoms with Crippen LogP contribution in [0.2, 0.25) is 0 Å². The number of nitrogens with zero attached hydrogens (tertiary/aromatic N) is 2. The molecule has 6 heteroatoms. The molecular formula is C23H25N3O2S. The van der Waals surface area contributed by atoms with Gasteiger partial charge < -0.3 is 10.1 Å². The minimum absolute atomic E-state index is 0.144. The fourth-order valence-electron chi connectivity index (χ4n) is 3.10. The fraction of sp³-hybridized carbons (Fsp3) is 0.261. The molecule has 1 aromatic heterocycles. The van der Waals surface area contributed by atoms with Gasteiger partial charge in [0.25, 0.3) is 5.91 Å². The largest absolute Gasteiger partial charge is 0.497 e. The van der Waals surface area contributed by atoms with Crippen LogP contribution in [0.1, 0.15) is 28.0 Å².